The Hall–Kier alpha value is -1.49. The van der Waals surface area contributed by atoms with Crippen LogP contribution < -0.4 is 5.32 Å². The van der Waals surface area contributed by atoms with Crippen LogP contribution in [-0.4, -0.2) is 29.8 Å². The lowest BCUT2D eigenvalue weighted by molar-refractivity contribution is -0.142. The molecule has 5 heteroatoms. The molecule has 21 heavy (non-hydrogen) atoms. The van der Waals surface area contributed by atoms with Crippen molar-refractivity contribution >= 4 is 23.6 Å². The molecular formula is C16H21NO3S. The van der Waals surface area contributed by atoms with E-state index in [1.54, 1.807) is 11.8 Å². The molecule has 0 aliphatic heterocycles. The summed E-state index contributed by atoms with van der Waals surface area (Å²) in [5, 5.41) is 12.0. The van der Waals surface area contributed by atoms with Crippen molar-refractivity contribution in [2.75, 3.05) is 12.8 Å². The molecule has 1 fully saturated rings. The Bertz CT molecular complexity index is 501. The maximum absolute atomic E-state index is 12.1. The number of carboxylic acid groups (broad SMARTS) is 1. The Morgan fingerprint density at radius 3 is 2.62 bits per heavy atom. The molecule has 114 valence electrons. The van der Waals surface area contributed by atoms with Crippen LogP contribution in [0.1, 0.15) is 35.2 Å². The van der Waals surface area contributed by atoms with Crippen molar-refractivity contribution in [3.8, 4) is 0 Å². The van der Waals surface area contributed by atoms with Crippen LogP contribution in [0.2, 0.25) is 0 Å². The molecule has 1 saturated carbocycles. The van der Waals surface area contributed by atoms with E-state index in [1.807, 2.05) is 30.5 Å². The van der Waals surface area contributed by atoms with Crippen LogP contribution in [0.3, 0.4) is 0 Å². The van der Waals surface area contributed by atoms with Gasteiger partial charge in [0.1, 0.15) is 0 Å². The fraction of sp³-hybridized carbons (Fsp3) is 0.500. The monoisotopic (exact) mass is 307 g/mol. The van der Waals surface area contributed by atoms with E-state index in [4.69, 9.17) is 5.11 Å². The van der Waals surface area contributed by atoms with Gasteiger partial charge in [0.15, 0.2) is 0 Å². The minimum Gasteiger partial charge on any atom is -0.481 e. The molecule has 1 aromatic rings. The highest BCUT2D eigenvalue weighted by atomic mass is 32.2. The van der Waals surface area contributed by atoms with Gasteiger partial charge >= 0.3 is 5.97 Å². The standard InChI is InChI=1S/C16H21NO3S/c1-21-10-11-5-7-12(8-6-11)15(18)17-9-13-3-2-4-14(13)16(19)20/h5-8,13-14H,2-4,9-10H2,1H3,(H,17,18)(H,19,20). The summed E-state index contributed by atoms with van der Waals surface area (Å²) in [5.74, 6) is -0.184. The maximum Gasteiger partial charge on any atom is 0.306 e. The third-order valence-corrected chi connectivity index (χ3v) is 4.65. The van der Waals surface area contributed by atoms with Crippen LogP contribution in [0.15, 0.2) is 24.3 Å². The molecule has 2 N–H and O–H groups in total. The minimum atomic E-state index is -0.742. The fourth-order valence-corrected chi connectivity index (χ4v) is 3.38. The minimum absolute atomic E-state index is 0.0576. The first-order valence-corrected chi connectivity index (χ1v) is 8.60. The number of nitrogens with one attached hydrogen (secondary N) is 1. The maximum atomic E-state index is 12.1. The number of hydrogen-bond acceptors (Lipinski definition) is 3. The van der Waals surface area contributed by atoms with Crippen molar-refractivity contribution < 1.29 is 14.7 Å². The van der Waals surface area contributed by atoms with Gasteiger partial charge in [0.05, 0.1) is 5.92 Å². The van der Waals surface area contributed by atoms with E-state index in [1.165, 1.54) is 5.56 Å². The zero-order valence-electron chi connectivity index (χ0n) is 12.2. The quantitative estimate of drug-likeness (QED) is 0.848. The van der Waals surface area contributed by atoms with Gasteiger partial charge in [-0.15, -0.1) is 0 Å². The van der Waals surface area contributed by atoms with Crippen molar-refractivity contribution in [2.24, 2.45) is 11.8 Å². The van der Waals surface area contributed by atoms with Crippen LogP contribution in [0, 0.1) is 11.8 Å². The van der Waals surface area contributed by atoms with E-state index < -0.39 is 5.97 Å². The summed E-state index contributed by atoms with van der Waals surface area (Å²) < 4.78 is 0. The van der Waals surface area contributed by atoms with E-state index in [0.717, 1.165) is 25.0 Å². The van der Waals surface area contributed by atoms with Gasteiger partial charge < -0.3 is 10.4 Å². The number of aliphatic carboxylic acids is 1. The largest absolute Gasteiger partial charge is 0.481 e. The number of rotatable bonds is 6. The molecule has 0 bridgehead atoms. The van der Waals surface area contributed by atoms with Crippen LogP contribution in [0.5, 0.6) is 0 Å². The van der Waals surface area contributed by atoms with Crippen molar-refractivity contribution in [1.82, 2.24) is 5.32 Å². The van der Waals surface area contributed by atoms with E-state index in [2.05, 4.69) is 5.32 Å². The van der Waals surface area contributed by atoms with Gasteiger partial charge in [-0.2, -0.15) is 11.8 Å². The lowest BCUT2D eigenvalue weighted by Crippen LogP contribution is -2.33. The molecule has 0 aromatic heterocycles. The Labute approximate surface area is 129 Å². The van der Waals surface area contributed by atoms with Gasteiger partial charge in [-0.1, -0.05) is 18.6 Å². The Kier molecular flexibility index (Phi) is 5.67. The molecule has 2 rings (SSSR count). The summed E-state index contributed by atoms with van der Waals surface area (Å²) in [7, 11) is 0. The molecule has 1 aliphatic rings. The van der Waals surface area contributed by atoms with Gasteiger partial charge in [0.25, 0.3) is 5.91 Å². The number of benzene rings is 1. The first-order chi connectivity index (χ1) is 10.1. The highest BCUT2D eigenvalue weighted by Crippen LogP contribution is 2.31. The van der Waals surface area contributed by atoms with Crippen LogP contribution in [-0.2, 0) is 10.5 Å². The summed E-state index contributed by atoms with van der Waals surface area (Å²) in [5.41, 5.74) is 1.82. The van der Waals surface area contributed by atoms with Crippen molar-refractivity contribution in [3.05, 3.63) is 35.4 Å². The molecule has 0 spiro atoms. The molecule has 2 unspecified atom stereocenters. The summed E-state index contributed by atoms with van der Waals surface area (Å²) in [6.07, 6.45) is 4.57. The Balaban J connectivity index is 1.88. The van der Waals surface area contributed by atoms with E-state index in [9.17, 15) is 9.59 Å². The van der Waals surface area contributed by atoms with Crippen molar-refractivity contribution in [3.63, 3.8) is 0 Å². The van der Waals surface area contributed by atoms with Gasteiger partial charge in [-0.05, 0) is 42.7 Å². The summed E-state index contributed by atoms with van der Waals surface area (Å²) in [6, 6.07) is 7.57. The number of thioether (sulfide) groups is 1. The first kappa shape index (κ1) is 15.9. The molecule has 4 nitrogen and oxygen atoms in total. The number of carbonyl (C=O) groups is 2. The molecule has 0 radical (unpaired) electrons. The highest BCUT2D eigenvalue weighted by Gasteiger charge is 2.32. The van der Waals surface area contributed by atoms with Gasteiger partial charge in [0, 0.05) is 17.9 Å². The molecule has 0 heterocycles. The highest BCUT2D eigenvalue weighted by molar-refractivity contribution is 7.97. The molecule has 1 amide bonds. The van der Waals surface area contributed by atoms with Gasteiger partial charge in [0.2, 0.25) is 0 Å². The topological polar surface area (TPSA) is 66.4 Å². The van der Waals surface area contributed by atoms with Crippen LogP contribution in [0.4, 0.5) is 0 Å². The molecule has 1 aliphatic carbocycles. The third-order valence-electron chi connectivity index (χ3n) is 4.03. The summed E-state index contributed by atoms with van der Waals surface area (Å²) in [6.45, 7) is 0.447. The number of hydrogen-bond donors (Lipinski definition) is 2. The lowest BCUT2D eigenvalue weighted by atomic mass is 9.96. The molecule has 0 saturated heterocycles. The smallest absolute Gasteiger partial charge is 0.306 e. The Morgan fingerprint density at radius 2 is 2.00 bits per heavy atom. The normalized spacial score (nSPS) is 21.2. The Morgan fingerprint density at radius 1 is 1.29 bits per heavy atom. The lowest BCUT2D eigenvalue weighted by Gasteiger charge is -2.16. The van der Waals surface area contributed by atoms with Crippen LogP contribution in [0.25, 0.3) is 0 Å². The van der Waals surface area contributed by atoms with Gasteiger partial charge in [-0.3, -0.25) is 9.59 Å². The second kappa shape index (κ2) is 7.50. The van der Waals surface area contributed by atoms with E-state index in [-0.39, 0.29) is 17.7 Å². The van der Waals surface area contributed by atoms with Gasteiger partial charge in [-0.25, -0.2) is 0 Å². The molecule has 2 atom stereocenters. The zero-order valence-corrected chi connectivity index (χ0v) is 13.0. The van der Waals surface area contributed by atoms with E-state index in [0.29, 0.717) is 12.1 Å². The fourth-order valence-electron chi connectivity index (χ4n) is 2.85. The SMILES string of the molecule is CSCc1ccc(C(=O)NCC2CCCC2C(=O)O)cc1. The summed E-state index contributed by atoms with van der Waals surface area (Å²) in [4.78, 5) is 23.2. The van der Waals surface area contributed by atoms with Crippen molar-refractivity contribution in [2.45, 2.75) is 25.0 Å². The zero-order chi connectivity index (χ0) is 15.2. The molecule has 1 aromatic carbocycles. The van der Waals surface area contributed by atoms with Crippen LogP contribution >= 0.6 is 11.8 Å². The van der Waals surface area contributed by atoms with E-state index >= 15 is 0 Å². The predicted octanol–water partition coefficient (Wildman–Crippen LogP) is 2.78. The number of carbonyl (C=O) groups excluding carboxylic acids is 1. The predicted molar refractivity (Wildman–Crippen MR) is 84.5 cm³/mol. The second-order valence-electron chi connectivity index (χ2n) is 5.48. The average molecular weight is 307 g/mol. The van der Waals surface area contributed by atoms with Crippen molar-refractivity contribution in [1.29, 1.82) is 0 Å². The molecular weight excluding hydrogens is 286 g/mol. The number of amides is 1. The third kappa shape index (κ3) is 4.24. The summed E-state index contributed by atoms with van der Waals surface area (Å²) >= 11 is 1.74. The first-order valence-electron chi connectivity index (χ1n) is 7.20. The number of carboxylic acids is 1. The second-order valence-corrected chi connectivity index (χ2v) is 6.34. The average Bonchev–Trinajstić information content (AvgIpc) is 2.94.